The highest BCUT2D eigenvalue weighted by molar-refractivity contribution is 7.99. The Kier molecular flexibility index (Phi) is 13.6. The van der Waals surface area contributed by atoms with Crippen molar-refractivity contribution in [2.45, 2.75) is 77.4 Å². The van der Waals surface area contributed by atoms with Crippen LogP contribution in [0.25, 0.3) is 0 Å². The first kappa shape index (κ1) is 24.2. The Hall–Kier alpha value is -0.790. The Labute approximate surface area is 168 Å². The van der Waals surface area contributed by atoms with Gasteiger partial charge in [-0.2, -0.15) is 11.8 Å². The van der Waals surface area contributed by atoms with Gasteiger partial charge in [0.1, 0.15) is 6.04 Å². The number of nitrogens with one attached hydrogen (secondary N) is 1. The number of thioether (sulfide) groups is 1. The summed E-state index contributed by atoms with van der Waals surface area (Å²) in [5, 5.41) is 13.6. The minimum Gasteiger partial charge on any atom is -0.465 e. The van der Waals surface area contributed by atoms with Gasteiger partial charge in [-0.3, -0.25) is 9.59 Å². The highest BCUT2D eigenvalue weighted by Gasteiger charge is 2.23. The van der Waals surface area contributed by atoms with Crippen LogP contribution in [0.2, 0.25) is 0 Å². The van der Waals surface area contributed by atoms with Gasteiger partial charge in [0.2, 0.25) is 0 Å². The summed E-state index contributed by atoms with van der Waals surface area (Å²) < 4.78 is 10.1. The fourth-order valence-electron chi connectivity index (χ4n) is 3.45. The summed E-state index contributed by atoms with van der Waals surface area (Å²) in [5.74, 6) is 1.11. The Bertz CT molecular complexity index is 415. The fourth-order valence-corrected chi connectivity index (χ4v) is 4.22. The van der Waals surface area contributed by atoms with Crippen molar-refractivity contribution in [3.05, 3.63) is 0 Å². The molecule has 0 saturated heterocycles. The van der Waals surface area contributed by atoms with Crippen molar-refractivity contribution in [2.24, 2.45) is 5.92 Å². The lowest BCUT2D eigenvalue weighted by atomic mass is 9.84. The van der Waals surface area contributed by atoms with E-state index in [4.69, 9.17) is 9.47 Å². The first-order valence-electron chi connectivity index (χ1n) is 10.4. The average molecular weight is 404 g/mol. The van der Waals surface area contributed by atoms with E-state index in [2.05, 4.69) is 5.32 Å². The molecule has 1 fully saturated rings. The largest absolute Gasteiger partial charge is 0.465 e. The standard InChI is InChI=1S/C20H37NO5S/c1-3-25-19(23)15-27-14-8-11-17(20(24)26-4-2)21-13-12-18(22)16-9-6-5-7-10-16/h16-18,21-22H,3-15H2,1-2H3. The molecule has 0 bridgehead atoms. The number of ether oxygens (including phenoxy) is 2. The van der Waals surface area contributed by atoms with Crippen LogP contribution in [0.1, 0.15) is 65.2 Å². The van der Waals surface area contributed by atoms with E-state index in [1.54, 1.807) is 13.8 Å². The Morgan fingerprint density at radius 3 is 2.48 bits per heavy atom. The lowest BCUT2D eigenvalue weighted by Crippen LogP contribution is -2.40. The van der Waals surface area contributed by atoms with Gasteiger partial charge < -0.3 is 19.9 Å². The fraction of sp³-hybridized carbons (Fsp3) is 0.900. The van der Waals surface area contributed by atoms with Gasteiger partial charge in [-0.25, -0.2) is 0 Å². The number of carbonyl (C=O) groups is 2. The predicted octanol–water partition coefficient (Wildman–Crippen LogP) is 2.92. The second-order valence-electron chi connectivity index (χ2n) is 7.01. The van der Waals surface area contributed by atoms with Crippen molar-refractivity contribution >= 4 is 23.7 Å². The molecule has 1 aliphatic rings. The lowest BCUT2D eigenvalue weighted by molar-refractivity contribution is -0.146. The number of aliphatic hydroxyl groups is 1. The van der Waals surface area contributed by atoms with E-state index in [0.717, 1.165) is 25.0 Å². The molecule has 0 spiro atoms. The molecule has 0 aromatic heterocycles. The van der Waals surface area contributed by atoms with Crippen LogP contribution in [-0.2, 0) is 19.1 Å². The lowest BCUT2D eigenvalue weighted by Gasteiger charge is -2.27. The first-order valence-corrected chi connectivity index (χ1v) is 11.5. The molecule has 1 aliphatic carbocycles. The zero-order chi connectivity index (χ0) is 19.9. The molecule has 0 aromatic carbocycles. The van der Waals surface area contributed by atoms with E-state index >= 15 is 0 Å². The highest BCUT2D eigenvalue weighted by atomic mass is 32.2. The summed E-state index contributed by atoms with van der Waals surface area (Å²) in [6.07, 6.45) is 7.77. The van der Waals surface area contributed by atoms with Gasteiger partial charge in [0.15, 0.2) is 0 Å². The third-order valence-electron chi connectivity index (χ3n) is 4.90. The van der Waals surface area contributed by atoms with Crippen LogP contribution >= 0.6 is 11.8 Å². The summed E-state index contributed by atoms with van der Waals surface area (Å²) in [6.45, 7) is 4.97. The Morgan fingerprint density at radius 2 is 1.81 bits per heavy atom. The number of esters is 2. The molecule has 1 saturated carbocycles. The normalized spacial score (nSPS) is 17.3. The molecule has 0 radical (unpaired) electrons. The number of hydrogen-bond donors (Lipinski definition) is 2. The molecule has 2 unspecified atom stereocenters. The summed E-state index contributed by atoms with van der Waals surface area (Å²) >= 11 is 1.52. The van der Waals surface area contributed by atoms with Gasteiger partial charge in [0.25, 0.3) is 0 Å². The molecule has 7 heteroatoms. The zero-order valence-electron chi connectivity index (χ0n) is 16.9. The summed E-state index contributed by atoms with van der Waals surface area (Å²) in [4.78, 5) is 23.5. The number of hydrogen-bond acceptors (Lipinski definition) is 7. The molecule has 0 heterocycles. The monoisotopic (exact) mass is 403 g/mol. The van der Waals surface area contributed by atoms with E-state index in [9.17, 15) is 14.7 Å². The maximum Gasteiger partial charge on any atom is 0.323 e. The zero-order valence-corrected chi connectivity index (χ0v) is 17.7. The molecule has 1 rings (SSSR count). The van der Waals surface area contributed by atoms with Crippen molar-refractivity contribution < 1.29 is 24.2 Å². The van der Waals surface area contributed by atoms with Gasteiger partial charge >= 0.3 is 11.9 Å². The van der Waals surface area contributed by atoms with Crippen LogP contribution in [-0.4, -0.2) is 60.5 Å². The van der Waals surface area contributed by atoms with Gasteiger partial charge in [0, 0.05) is 0 Å². The molecular formula is C20H37NO5S. The minimum atomic E-state index is -0.355. The van der Waals surface area contributed by atoms with Crippen LogP contribution in [0.15, 0.2) is 0 Å². The maximum absolute atomic E-state index is 12.1. The van der Waals surface area contributed by atoms with E-state index in [0.29, 0.717) is 44.3 Å². The SMILES string of the molecule is CCOC(=O)CSCCCC(NCCC(O)C1CCCCC1)C(=O)OCC. The van der Waals surface area contributed by atoms with E-state index in [1.807, 2.05) is 0 Å². The second-order valence-corrected chi connectivity index (χ2v) is 8.12. The number of aliphatic hydroxyl groups excluding tert-OH is 1. The van der Waals surface area contributed by atoms with Gasteiger partial charge in [-0.1, -0.05) is 19.3 Å². The molecule has 158 valence electrons. The van der Waals surface area contributed by atoms with Gasteiger partial charge in [-0.05, 0) is 64.2 Å². The van der Waals surface area contributed by atoms with Crippen molar-refractivity contribution in [1.29, 1.82) is 0 Å². The second kappa shape index (κ2) is 15.2. The van der Waals surface area contributed by atoms with Crippen LogP contribution in [0.5, 0.6) is 0 Å². The first-order chi connectivity index (χ1) is 13.1. The van der Waals surface area contributed by atoms with Crippen LogP contribution < -0.4 is 5.32 Å². The topological polar surface area (TPSA) is 84.9 Å². The van der Waals surface area contributed by atoms with E-state index < -0.39 is 0 Å². The molecule has 0 amide bonds. The summed E-state index contributed by atoms with van der Waals surface area (Å²) in [7, 11) is 0. The molecule has 0 aromatic rings. The van der Waals surface area contributed by atoms with Crippen molar-refractivity contribution in [3.63, 3.8) is 0 Å². The minimum absolute atomic E-state index is 0.195. The summed E-state index contributed by atoms with van der Waals surface area (Å²) in [6, 6.07) is -0.355. The van der Waals surface area contributed by atoms with Gasteiger partial charge in [-0.15, -0.1) is 0 Å². The third kappa shape index (κ3) is 11.0. The number of carbonyl (C=O) groups excluding carboxylic acids is 2. The smallest absolute Gasteiger partial charge is 0.323 e. The third-order valence-corrected chi connectivity index (χ3v) is 5.92. The quantitative estimate of drug-likeness (QED) is 0.341. The van der Waals surface area contributed by atoms with Gasteiger partial charge in [0.05, 0.1) is 25.1 Å². The van der Waals surface area contributed by atoms with E-state index in [-0.39, 0.29) is 24.1 Å². The highest BCUT2D eigenvalue weighted by Crippen LogP contribution is 2.27. The van der Waals surface area contributed by atoms with E-state index in [1.165, 1.54) is 31.0 Å². The van der Waals surface area contributed by atoms with Crippen LogP contribution in [0.3, 0.4) is 0 Å². The molecule has 27 heavy (non-hydrogen) atoms. The Balaban J connectivity index is 2.27. The molecule has 0 aliphatic heterocycles. The maximum atomic E-state index is 12.1. The molecule has 2 N–H and O–H groups in total. The van der Waals surface area contributed by atoms with Crippen molar-refractivity contribution in [1.82, 2.24) is 5.32 Å². The predicted molar refractivity (Wildman–Crippen MR) is 109 cm³/mol. The Morgan fingerprint density at radius 1 is 1.11 bits per heavy atom. The molecule has 6 nitrogen and oxygen atoms in total. The van der Waals surface area contributed by atoms with Crippen molar-refractivity contribution in [3.8, 4) is 0 Å². The van der Waals surface area contributed by atoms with Crippen molar-refractivity contribution in [2.75, 3.05) is 31.3 Å². The molecular weight excluding hydrogens is 366 g/mol. The summed E-state index contributed by atoms with van der Waals surface area (Å²) in [5.41, 5.74) is 0. The average Bonchev–Trinajstić information content (AvgIpc) is 2.67. The van der Waals surface area contributed by atoms with Crippen LogP contribution in [0.4, 0.5) is 0 Å². The van der Waals surface area contributed by atoms with Crippen LogP contribution in [0, 0.1) is 5.92 Å². The number of rotatable bonds is 14. The molecule has 2 atom stereocenters.